The number of carbonyl (C=O) groups excluding carboxylic acids is 1. The maximum absolute atomic E-state index is 10.7. The van der Waals surface area contributed by atoms with Crippen LogP contribution in [0.15, 0.2) is 35.3 Å². The van der Waals surface area contributed by atoms with Crippen LogP contribution < -0.4 is 5.69 Å². The Kier molecular flexibility index (Phi) is 10.2. The Hall–Kier alpha value is -2.17. The smallest absolute Gasteiger partial charge is 0.345 e. The van der Waals surface area contributed by atoms with Crippen molar-refractivity contribution in [3.05, 3.63) is 40.9 Å². The minimum atomic E-state index is -0.302. The van der Waals surface area contributed by atoms with Crippen molar-refractivity contribution in [1.29, 1.82) is 0 Å². The molecule has 1 N–H and O–H groups in total. The molecule has 0 aliphatic rings. The van der Waals surface area contributed by atoms with Crippen molar-refractivity contribution in [1.82, 2.24) is 9.97 Å². The molecule has 0 radical (unpaired) electrons. The summed E-state index contributed by atoms with van der Waals surface area (Å²) in [6.07, 6.45) is 10.1. The van der Waals surface area contributed by atoms with E-state index in [9.17, 15) is 9.59 Å². The number of rotatable bonds is 8. The van der Waals surface area contributed by atoms with Gasteiger partial charge in [-0.1, -0.05) is 57.7 Å². The zero-order chi connectivity index (χ0) is 18.5. The molecular formula is C20H30N2O3. The first-order valence-electron chi connectivity index (χ1n) is 9.18. The third kappa shape index (κ3) is 9.03. The number of carbonyl (C=O) groups is 1. The van der Waals surface area contributed by atoms with Gasteiger partial charge in [0.05, 0.1) is 5.52 Å². The minimum absolute atomic E-state index is 0.147. The van der Waals surface area contributed by atoms with Crippen molar-refractivity contribution in [3.63, 3.8) is 0 Å². The number of H-pyrrole nitrogens is 1. The van der Waals surface area contributed by atoms with E-state index in [4.69, 9.17) is 4.74 Å². The normalized spacial score (nSPS) is 11.5. The maximum atomic E-state index is 10.7. The number of hydrogen-bond acceptors (Lipinski definition) is 4. The lowest BCUT2D eigenvalue weighted by atomic mass is 10.1. The minimum Gasteiger partial charge on any atom is -0.463 e. The van der Waals surface area contributed by atoms with Crippen LogP contribution in [0.3, 0.4) is 0 Å². The lowest BCUT2D eigenvalue weighted by Crippen LogP contribution is -2.14. The highest BCUT2D eigenvalue weighted by atomic mass is 16.5. The Morgan fingerprint density at radius 1 is 1.16 bits per heavy atom. The number of nitrogens with one attached hydrogen (secondary N) is 1. The summed E-state index contributed by atoms with van der Waals surface area (Å²) in [5.74, 6) is -0.148. The summed E-state index contributed by atoms with van der Waals surface area (Å²) >= 11 is 0. The van der Waals surface area contributed by atoms with E-state index in [0.29, 0.717) is 0 Å². The Labute approximate surface area is 149 Å². The van der Waals surface area contributed by atoms with Crippen molar-refractivity contribution < 1.29 is 9.53 Å². The largest absolute Gasteiger partial charge is 0.463 e. The summed E-state index contributed by atoms with van der Waals surface area (Å²) in [5.41, 5.74) is 0.431. The Balaban J connectivity index is 0.000000255. The molecule has 25 heavy (non-hydrogen) atoms. The molecule has 2 rings (SSSR count). The molecule has 5 heteroatoms. The van der Waals surface area contributed by atoms with Gasteiger partial charge in [0, 0.05) is 18.5 Å². The monoisotopic (exact) mass is 346 g/mol. The first kappa shape index (κ1) is 20.9. The topological polar surface area (TPSA) is 72.1 Å². The van der Waals surface area contributed by atoms with E-state index in [1.54, 1.807) is 6.20 Å². The molecule has 1 atom stereocenters. The van der Waals surface area contributed by atoms with Crippen LogP contribution in [0, 0.1) is 0 Å². The van der Waals surface area contributed by atoms with E-state index in [0.717, 1.165) is 23.7 Å². The number of aromatic amines is 1. The van der Waals surface area contributed by atoms with Gasteiger partial charge in [-0.3, -0.25) is 4.79 Å². The van der Waals surface area contributed by atoms with Crippen LogP contribution in [0.2, 0.25) is 0 Å². The Bertz CT molecular complexity index is 682. The Morgan fingerprint density at radius 3 is 2.56 bits per heavy atom. The van der Waals surface area contributed by atoms with E-state index >= 15 is 0 Å². The van der Waals surface area contributed by atoms with Gasteiger partial charge in [-0.15, -0.1) is 0 Å². The summed E-state index contributed by atoms with van der Waals surface area (Å²) in [5, 5.41) is 0.951. The molecule has 0 saturated carbocycles. The SMILES string of the molecule is CCCCCCCC(CC)OC(C)=O.O=c1nc2ccccc2c[nH]1. The lowest BCUT2D eigenvalue weighted by molar-refractivity contribution is -0.146. The van der Waals surface area contributed by atoms with Crippen LogP contribution >= 0.6 is 0 Å². The first-order valence-corrected chi connectivity index (χ1v) is 9.18. The van der Waals surface area contributed by atoms with Gasteiger partial charge in [0.25, 0.3) is 0 Å². The van der Waals surface area contributed by atoms with Crippen molar-refractivity contribution in [2.24, 2.45) is 0 Å². The second-order valence-electron chi connectivity index (χ2n) is 6.11. The fourth-order valence-corrected chi connectivity index (χ4v) is 2.55. The van der Waals surface area contributed by atoms with Gasteiger partial charge >= 0.3 is 11.7 Å². The van der Waals surface area contributed by atoms with Crippen LogP contribution in [0.5, 0.6) is 0 Å². The predicted octanol–water partition coefficient (Wildman–Crippen LogP) is 4.61. The number of para-hydroxylation sites is 1. The predicted molar refractivity (Wildman–Crippen MR) is 102 cm³/mol. The molecule has 0 bridgehead atoms. The van der Waals surface area contributed by atoms with E-state index in [1.165, 1.54) is 39.0 Å². The lowest BCUT2D eigenvalue weighted by Gasteiger charge is -2.14. The molecule has 0 aliphatic heterocycles. The van der Waals surface area contributed by atoms with Crippen LogP contribution in [0.25, 0.3) is 10.9 Å². The second kappa shape index (κ2) is 12.2. The number of benzene rings is 1. The summed E-state index contributed by atoms with van der Waals surface area (Å²) in [4.78, 5) is 27.7. The zero-order valence-electron chi connectivity index (χ0n) is 15.6. The number of aromatic nitrogens is 2. The summed E-state index contributed by atoms with van der Waals surface area (Å²) in [6.45, 7) is 5.77. The zero-order valence-corrected chi connectivity index (χ0v) is 15.6. The average Bonchev–Trinajstić information content (AvgIpc) is 2.60. The second-order valence-corrected chi connectivity index (χ2v) is 6.11. The standard InChI is InChI=1S/C12H24O2.C8H6N2O/c1-4-6-7-8-9-10-12(5-2)14-11(3)13;11-8-9-5-6-3-1-2-4-7(6)10-8/h12H,4-10H2,1-3H3;1-5H,(H,9,10,11). The van der Waals surface area contributed by atoms with Crippen molar-refractivity contribution >= 4 is 16.9 Å². The molecule has 1 aromatic carbocycles. The van der Waals surface area contributed by atoms with Gasteiger partial charge in [0.1, 0.15) is 6.10 Å². The highest BCUT2D eigenvalue weighted by molar-refractivity contribution is 5.76. The average molecular weight is 346 g/mol. The number of unbranched alkanes of at least 4 members (excludes halogenated alkanes) is 4. The van der Waals surface area contributed by atoms with Crippen molar-refractivity contribution in [2.75, 3.05) is 0 Å². The van der Waals surface area contributed by atoms with E-state index in [1.807, 2.05) is 24.3 Å². The fraction of sp³-hybridized carbons (Fsp3) is 0.550. The molecule has 2 aromatic rings. The van der Waals surface area contributed by atoms with Crippen LogP contribution in [0.1, 0.15) is 65.7 Å². The van der Waals surface area contributed by atoms with Gasteiger partial charge in [0.2, 0.25) is 0 Å². The maximum Gasteiger partial charge on any atom is 0.345 e. The molecule has 0 spiro atoms. The van der Waals surface area contributed by atoms with Crippen molar-refractivity contribution in [3.8, 4) is 0 Å². The summed E-state index contributed by atoms with van der Waals surface area (Å²) in [6, 6.07) is 7.47. The molecule has 0 saturated heterocycles. The van der Waals surface area contributed by atoms with Crippen molar-refractivity contribution in [2.45, 2.75) is 71.8 Å². The Morgan fingerprint density at radius 2 is 1.88 bits per heavy atom. The number of esters is 1. The summed E-state index contributed by atoms with van der Waals surface area (Å²) in [7, 11) is 0. The van der Waals surface area contributed by atoms with Crippen LogP contribution in [-0.4, -0.2) is 22.0 Å². The highest BCUT2D eigenvalue weighted by Crippen LogP contribution is 2.11. The first-order chi connectivity index (χ1) is 12.1. The third-order valence-corrected chi connectivity index (χ3v) is 3.93. The van der Waals surface area contributed by atoms with Gasteiger partial charge in [0.15, 0.2) is 0 Å². The van der Waals surface area contributed by atoms with Gasteiger partial charge in [-0.2, -0.15) is 4.98 Å². The molecule has 1 heterocycles. The molecule has 1 aromatic heterocycles. The van der Waals surface area contributed by atoms with Crippen LogP contribution in [0.4, 0.5) is 0 Å². The molecule has 138 valence electrons. The fourth-order valence-electron chi connectivity index (χ4n) is 2.55. The molecule has 0 aliphatic carbocycles. The highest BCUT2D eigenvalue weighted by Gasteiger charge is 2.08. The van der Waals surface area contributed by atoms with E-state index in [2.05, 4.69) is 23.8 Å². The molecule has 0 fully saturated rings. The molecule has 0 amide bonds. The summed E-state index contributed by atoms with van der Waals surface area (Å²) < 4.78 is 5.17. The molecule has 5 nitrogen and oxygen atoms in total. The molecule has 1 unspecified atom stereocenters. The van der Waals surface area contributed by atoms with Gasteiger partial charge in [-0.25, -0.2) is 4.79 Å². The van der Waals surface area contributed by atoms with Gasteiger partial charge in [-0.05, 0) is 25.3 Å². The van der Waals surface area contributed by atoms with E-state index < -0.39 is 0 Å². The number of fused-ring (bicyclic) bond motifs is 1. The number of ether oxygens (including phenoxy) is 1. The third-order valence-electron chi connectivity index (χ3n) is 3.93. The quantitative estimate of drug-likeness (QED) is 0.559. The van der Waals surface area contributed by atoms with Crippen LogP contribution in [-0.2, 0) is 9.53 Å². The van der Waals surface area contributed by atoms with E-state index in [-0.39, 0.29) is 17.8 Å². The number of hydrogen-bond donors (Lipinski definition) is 1. The molecular weight excluding hydrogens is 316 g/mol. The van der Waals surface area contributed by atoms with Gasteiger partial charge < -0.3 is 9.72 Å². The number of nitrogens with zero attached hydrogens (tertiary/aromatic N) is 1.